The van der Waals surface area contributed by atoms with Crippen molar-refractivity contribution in [2.24, 2.45) is 5.14 Å². The molecule has 0 spiro atoms. The molecule has 4 N–H and O–H groups in total. The third kappa shape index (κ3) is 3.91. The Morgan fingerprint density at radius 3 is 2.39 bits per heavy atom. The fourth-order valence-electron chi connectivity index (χ4n) is 2.56. The molecule has 0 saturated carbocycles. The quantitative estimate of drug-likeness (QED) is 0.396. The number of hydrogen-bond acceptors (Lipinski definition) is 7. The lowest BCUT2D eigenvalue weighted by atomic mass is 10.1. The summed E-state index contributed by atoms with van der Waals surface area (Å²) >= 11 is 12.6. The van der Waals surface area contributed by atoms with Crippen LogP contribution in [0.15, 0.2) is 53.4 Å². The van der Waals surface area contributed by atoms with E-state index < -0.39 is 10.0 Å². The Balaban J connectivity index is 1.73. The minimum Gasteiger partial charge on any atom is -0.331 e. The van der Waals surface area contributed by atoms with E-state index >= 15 is 0 Å². The number of benzene rings is 2. The van der Waals surface area contributed by atoms with Crippen LogP contribution < -0.4 is 10.5 Å². The first-order chi connectivity index (χ1) is 13.3. The highest BCUT2D eigenvalue weighted by atomic mass is 35.5. The average molecular weight is 450 g/mol. The molecule has 0 aliphatic rings. The highest BCUT2D eigenvalue weighted by molar-refractivity contribution is 7.89. The van der Waals surface area contributed by atoms with Crippen molar-refractivity contribution < 1.29 is 8.42 Å². The fourth-order valence-corrected chi connectivity index (χ4v) is 4.34. The van der Waals surface area contributed by atoms with Crippen molar-refractivity contribution in [3.63, 3.8) is 0 Å². The lowest BCUT2D eigenvalue weighted by molar-refractivity contribution is 0.598. The predicted octanol–water partition coefficient (Wildman–Crippen LogP) is 4.46. The summed E-state index contributed by atoms with van der Waals surface area (Å²) in [6.07, 6.45) is 0. The normalized spacial score (nSPS) is 11.6. The maximum absolute atomic E-state index is 11.4. The van der Waals surface area contributed by atoms with Crippen LogP contribution in [0.4, 0.5) is 10.8 Å². The van der Waals surface area contributed by atoms with Crippen LogP contribution in [0.1, 0.15) is 0 Å². The summed E-state index contributed by atoms with van der Waals surface area (Å²) < 4.78 is 23.9. The van der Waals surface area contributed by atoms with E-state index in [4.69, 9.17) is 29.0 Å². The van der Waals surface area contributed by atoms with E-state index in [-0.39, 0.29) is 4.90 Å². The number of rotatable bonds is 4. The number of H-pyrrole nitrogens is 1. The maximum atomic E-state index is 11.4. The lowest BCUT2D eigenvalue weighted by Gasteiger charge is -2.03. The molecule has 4 aromatic rings. The number of nitrogens with two attached hydrogens (primary N) is 1. The minimum atomic E-state index is -3.73. The minimum absolute atomic E-state index is 0.0411. The smallest absolute Gasteiger partial charge is 0.238 e. The molecule has 0 radical (unpaired) electrons. The summed E-state index contributed by atoms with van der Waals surface area (Å²) in [6.45, 7) is 0. The van der Waals surface area contributed by atoms with Gasteiger partial charge < -0.3 is 10.3 Å². The Bertz CT molecular complexity index is 1330. The summed E-state index contributed by atoms with van der Waals surface area (Å²) in [5.41, 5.74) is 2.90. The molecule has 28 heavy (non-hydrogen) atoms. The van der Waals surface area contributed by atoms with Gasteiger partial charge in [-0.1, -0.05) is 35.1 Å². The molecule has 0 atom stereocenters. The SMILES string of the molecule is NS(=O)(=O)c1ccc(Nc2nc3nc(=S)[nH]c(-c4ccc(Cl)cc4)c3s2)cc1. The van der Waals surface area contributed by atoms with E-state index in [1.807, 2.05) is 12.1 Å². The van der Waals surface area contributed by atoms with Gasteiger partial charge in [0.1, 0.15) is 0 Å². The first kappa shape index (κ1) is 19.0. The van der Waals surface area contributed by atoms with E-state index in [1.165, 1.54) is 23.5 Å². The molecule has 4 rings (SSSR count). The molecule has 0 amide bonds. The van der Waals surface area contributed by atoms with Crippen LogP contribution in [0.25, 0.3) is 21.6 Å². The van der Waals surface area contributed by atoms with Crippen LogP contribution in [-0.2, 0) is 10.0 Å². The summed E-state index contributed by atoms with van der Waals surface area (Å²) in [4.78, 5) is 11.9. The van der Waals surface area contributed by atoms with Gasteiger partial charge in [0, 0.05) is 10.7 Å². The van der Waals surface area contributed by atoms with Gasteiger partial charge in [-0.25, -0.2) is 13.6 Å². The first-order valence-electron chi connectivity index (χ1n) is 7.86. The van der Waals surface area contributed by atoms with Gasteiger partial charge in [0.15, 0.2) is 15.5 Å². The summed E-state index contributed by atoms with van der Waals surface area (Å²) in [7, 11) is -3.73. The van der Waals surface area contributed by atoms with E-state index in [9.17, 15) is 8.42 Å². The standard InChI is InChI=1S/C17H12ClN5O2S3/c18-10-3-1-9(2-4-10)13-14-15(22-16(26)21-13)23-17(27-14)20-11-5-7-12(8-6-11)28(19,24)25/h1-8H,(H2,19,24,25)(H2,20,21,22,23,26). The predicted molar refractivity (Wildman–Crippen MR) is 114 cm³/mol. The third-order valence-corrected chi connectivity index (χ3v) is 6.19. The van der Waals surface area contributed by atoms with Crippen molar-refractivity contribution in [3.05, 3.63) is 58.3 Å². The largest absolute Gasteiger partial charge is 0.331 e. The Morgan fingerprint density at radius 1 is 1.07 bits per heavy atom. The van der Waals surface area contributed by atoms with Gasteiger partial charge in [0.05, 0.1) is 15.3 Å². The van der Waals surface area contributed by atoms with Crippen molar-refractivity contribution in [2.75, 3.05) is 5.32 Å². The van der Waals surface area contributed by atoms with E-state index in [0.717, 1.165) is 16.0 Å². The Labute approximate surface area is 174 Å². The van der Waals surface area contributed by atoms with Gasteiger partial charge in [-0.3, -0.25) is 0 Å². The molecule has 0 aliphatic heterocycles. The zero-order valence-corrected chi connectivity index (χ0v) is 17.2. The average Bonchev–Trinajstić information content (AvgIpc) is 3.03. The molecular weight excluding hydrogens is 438 g/mol. The molecule has 2 aromatic heterocycles. The highest BCUT2D eigenvalue weighted by Crippen LogP contribution is 2.34. The van der Waals surface area contributed by atoms with Crippen molar-refractivity contribution in [2.45, 2.75) is 4.90 Å². The monoisotopic (exact) mass is 449 g/mol. The number of sulfonamides is 1. The van der Waals surface area contributed by atoms with Crippen LogP contribution in [0.3, 0.4) is 0 Å². The van der Waals surface area contributed by atoms with Gasteiger partial charge in [0.2, 0.25) is 10.0 Å². The van der Waals surface area contributed by atoms with Crippen molar-refractivity contribution in [3.8, 4) is 11.3 Å². The molecule has 7 nitrogen and oxygen atoms in total. The molecule has 2 aromatic carbocycles. The molecular formula is C17H12ClN5O2S3. The first-order valence-corrected chi connectivity index (χ1v) is 11.0. The second-order valence-electron chi connectivity index (χ2n) is 5.79. The summed E-state index contributed by atoms with van der Waals surface area (Å²) in [5, 5.41) is 9.49. The van der Waals surface area contributed by atoms with Gasteiger partial charge in [-0.05, 0) is 54.2 Å². The molecule has 142 valence electrons. The topological polar surface area (TPSA) is 114 Å². The van der Waals surface area contributed by atoms with E-state index in [2.05, 4.69) is 20.3 Å². The molecule has 0 bridgehead atoms. The van der Waals surface area contributed by atoms with Gasteiger partial charge in [-0.15, -0.1) is 0 Å². The van der Waals surface area contributed by atoms with E-state index in [1.54, 1.807) is 24.3 Å². The Morgan fingerprint density at radius 2 is 1.75 bits per heavy atom. The fraction of sp³-hybridized carbons (Fsp3) is 0. The zero-order valence-electron chi connectivity index (χ0n) is 14.0. The zero-order chi connectivity index (χ0) is 19.9. The summed E-state index contributed by atoms with van der Waals surface area (Å²) in [6, 6.07) is 13.5. The third-order valence-electron chi connectivity index (χ3n) is 3.84. The van der Waals surface area contributed by atoms with Crippen LogP contribution in [0.5, 0.6) is 0 Å². The second kappa shape index (κ2) is 7.22. The van der Waals surface area contributed by atoms with Crippen LogP contribution in [0, 0.1) is 4.77 Å². The number of halogens is 1. The van der Waals surface area contributed by atoms with Gasteiger partial charge in [0.25, 0.3) is 0 Å². The lowest BCUT2D eigenvalue weighted by Crippen LogP contribution is -2.11. The number of nitrogens with zero attached hydrogens (tertiary/aromatic N) is 2. The number of nitrogens with one attached hydrogen (secondary N) is 2. The van der Waals surface area contributed by atoms with Gasteiger partial charge >= 0.3 is 0 Å². The number of hydrogen-bond donors (Lipinski definition) is 3. The van der Waals surface area contributed by atoms with E-state index in [0.29, 0.717) is 26.3 Å². The number of primary sulfonamides is 1. The van der Waals surface area contributed by atoms with Crippen molar-refractivity contribution >= 4 is 66.3 Å². The maximum Gasteiger partial charge on any atom is 0.238 e. The van der Waals surface area contributed by atoms with Crippen LogP contribution >= 0.6 is 35.2 Å². The number of aromatic amines is 1. The van der Waals surface area contributed by atoms with Crippen LogP contribution in [-0.4, -0.2) is 23.4 Å². The number of anilines is 2. The second-order valence-corrected chi connectivity index (χ2v) is 9.17. The Hall–Kier alpha value is -2.37. The number of fused-ring (bicyclic) bond motifs is 1. The highest BCUT2D eigenvalue weighted by Gasteiger charge is 2.13. The number of thiazole rings is 1. The van der Waals surface area contributed by atoms with Crippen LogP contribution in [0.2, 0.25) is 5.02 Å². The van der Waals surface area contributed by atoms with Crippen molar-refractivity contribution in [1.82, 2.24) is 15.0 Å². The Kier molecular flexibility index (Phi) is 4.89. The summed E-state index contributed by atoms with van der Waals surface area (Å²) in [5.74, 6) is 0. The number of aromatic nitrogens is 3. The molecule has 2 heterocycles. The molecule has 0 fully saturated rings. The molecule has 11 heteroatoms. The van der Waals surface area contributed by atoms with Crippen molar-refractivity contribution in [1.29, 1.82) is 0 Å². The van der Waals surface area contributed by atoms with Gasteiger partial charge in [-0.2, -0.15) is 9.97 Å². The molecule has 0 aliphatic carbocycles. The molecule has 0 unspecified atom stereocenters. The molecule has 0 saturated heterocycles.